The number of hydrogen-bond acceptors (Lipinski definition) is 10. The van der Waals surface area contributed by atoms with Gasteiger partial charge in [-0.3, -0.25) is 0 Å². The lowest BCUT2D eigenvalue weighted by Crippen LogP contribution is -2.09. The van der Waals surface area contributed by atoms with Crippen molar-refractivity contribution in [2.75, 3.05) is 0 Å². The highest BCUT2D eigenvalue weighted by atomic mass is 16.5. The molecule has 0 unspecified atom stereocenters. The van der Waals surface area contributed by atoms with Gasteiger partial charge < -0.3 is 40.1 Å². The molecule has 0 fully saturated rings. The summed E-state index contributed by atoms with van der Waals surface area (Å²) in [6.45, 7) is 0. The molecule has 0 saturated heterocycles. The van der Waals surface area contributed by atoms with Crippen LogP contribution in [0.5, 0.6) is 46.0 Å². The minimum absolute atomic E-state index is 0.00950. The first-order valence-electron chi connectivity index (χ1n) is 11.6. The average molecular weight is 542 g/mol. The Morgan fingerprint density at radius 2 is 1.15 bits per heavy atom. The molecule has 10 nitrogen and oxygen atoms in total. The zero-order valence-electron chi connectivity index (χ0n) is 20.6. The van der Waals surface area contributed by atoms with E-state index in [1.54, 1.807) is 24.3 Å². The lowest BCUT2D eigenvalue weighted by molar-refractivity contribution is -0.128. The van der Waals surface area contributed by atoms with Gasteiger partial charge in [-0.1, -0.05) is 30.4 Å². The van der Waals surface area contributed by atoms with Gasteiger partial charge in [-0.15, -0.1) is 0 Å². The summed E-state index contributed by atoms with van der Waals surface area (Å²) in [5.74, 6) is -4.60. The lowest BCUT2D eigenvalue weighted by atomic mass is 10.1. The molecule has 0 heterocycles. The van der Waals surface area contributed by atoms with Crippen LogP contribution in [-0.2, 0) is 4.79 Å². The first-order chi connectivity index (χ1) is 19.1. The van der Waals surface area contributed by atoms with Crippen LogP contribution >= 0.6 is 0 Å². The number of aromatic hydroxyl groups is 6. The predicted molar refractivity (Wildman–Crippen MR) is 144 cm³/mol. The van der Waals surface area contributed by atoms with Crippen LogP contribution in [0.15, 0.2) is 78.9 Å². The van der Waals surface area contributed by atoms with Crippen molar-refractivity contribution >= 4 is 30.2 Å². The van der Waals surface area contributed by atoms with Crippen molar-refractivity contribution in [1.82, 2.24) is 0 Å². The van der Waals surface area contributed by atoms with Crippen LogP contribution in [0, 0.1) is 0 Å². The van der Waals surface area contributed by atoms with Crippen molar-refractivity contribution in [2.45, 2.75) is 0 Å². The second kappa shape index (κ2) is 11.7. The number of phenols is 6. The summed E-state index contributed by atoms with van der Waals surface area (Å²) in [6, 6.07) is 16.4. The SMILES string of the molecule is O=C(/C=C/c1ccc(O)c(O)c1)Oc1cc(/C=C/c2ccc(O)cc2)cc(OC(=O)c2cc(O)c(O)c(O)c2)c1. The van der Waals surface area contributed by atoms with E-state index in [4.69, 9.17) is 9.47 Å². The van der Waals surface area contributed by atoms with Gasteiger partial charge in [-0.2, -0.15) is 0 Å². The molecule has 0 aliphatic rings. The highest BCUT2D eigenvalue weighted by Crippen LogP contribution is 2.36. The average Bonchev–Trinajstić information content (AvgIpc) is 2.91. The molecule has 40 heavy (non-hydrogen) atoms. The number of hydrogen-bond donors (Lipinski definition) is 6. The Kier molecular flexibility index (Phi) is 7.91. The Hall–Kier alpha value is -5.90. The molecule has 0 radical (unpaired) electrons. The molecule has 10 heteroatoms. The van der Waals surface area contributed by atoms with Gasteiger partial charge in [0.25, 0.3) is 0 Å². The molecule has 0 amide bonds. The molecule has 4 aromatic carbocycles. The third kappa shape index (κ3) is 6.90. The largest absolute Gasteiger partial charge is 0.508 e. The smallest absolute Gasteiger partial charge is 0.343 e. The fraction of sp³-hybridized carbons (Fsp3) is 0. The van der Waals surface area contributed by atoms with Crippen LogP contribution in [0.1, 0.15) is 27.0 Å². The van der Waals surface area contributed by atoms with E-state index in [2.05, 4.69) is 0 Å². The first kappa shape index (κ1) is 27.1. The lowest BCUT2D eigenvalue weighted by Gasteiger charge is -2.10. The third-order valence-corrected chi connectivity index (χ3v) is 5.41. The molecule has 4 rings (SSSR count). The predicted octanol–water partition coefficient (Wildman–Crippen LogP) is 4.93. The van der Waals surface area contributed by atoms with Crippen LogP contribution in [0.25, 0.3) is 18.2 Å². The van der Waals surface area contributed by atoms with Gasteiger partial charge in [0.1, 0.15) is 17.2 Å². The Morgan fingerprint density at radius 3 is 1.80 bits per heavy atom. The molecule has 0 aromatic heterocycles. The summed E-state index contributed by atoms with van der Waals surface area (Å²) in [4.78, 5) is 25.1. The van der Waals surface area contributed by atoms with E-state index in [-0.39, 0.29) is 34.3 Å². The van der Waals surface area contributed by atoms with Crippen molar-refractivity contribution in [3.63, 3.8) is 0 Å². The van der Waals surface area contributed by atoms with Gasteiger partial charge in [0, 0.05) is 12.1 Å². The monoisotopic (exact) mass is 542 g/mol. The summed E-state index contributed by atoms with van der Waals surface area (Å²) in [6.07, 6.45) is 5.81. The van der Waals surface area contributed by atoms with E-state index in [1.807, 2.05) is 0 Å². The van der Waals surface area contributed by atoms with E-state index >= 15 is 0 Å². The molecule has 0 aliphatic carbocycles. The summed E-state index contributed by atoms with van der Waals surface area (Å²) in [5, 5.41) is 57.4. The first-order valence-corrected chi connectivity index (χ1v) is 11.6. The van der Waals surface area contributed by atoms with Crippen molar-refractivity contribution in [1.29, 1.82) is 0 Å². The van der Waals surface area contributed by atoms with Crippen LogP contribution in [0.4, 0.5) is 0 Å². The van der Waals surface area contributed by atoms with Gasteiger partial charge >= 0.3 is 11.9 Å². The van der Waals surface area contributed by atoms with Crippen LogP contribution in [-0.4, -0.2) is 42.6 Å². The molecule has 0 bridgehead atoms. The quantitative estimate of drug-likeness (QED) is 0.0618. The van der Waals surface area contributed by atoms with Crippen molar-refractivity contribution in [3.8, 4) is 46.0 Å². The van der Waals surface area contributed by atoms with E-state index in [9.17, 15) is 40.2 Å². The Morgan fingerprint density at radius 1 is 0.550 bits per heavy atom. The topological polar surface area (TPSA) is 174 Å². The zero-order valence-corrected chi connectivity index (χ0v) is 20.6. The standard InChI is InChI=1S/C30H22O10/c31-21-7-3-17(4-8-21)1-2-19-11-22(39-28(36)10-6-18-5-9-24(32)25(33)13-18)16-23(12-19)40-30(38)20-14-26(34)29(37)27(35)15-20/h1-16,31-35,37H/b2-1+,10-6+. The molecule has 202 valence electrons. The molecule has 0 atom stereocenters. The minimum atomic E-state index is -0.977. The van der Waals surface area contributed by atoms with Crippen LogP contribution in [0.2, 0.25) is 0 Å². The van der Waals surface area contributed by atoms with E-state index in [0.717, 1.165) is 23.8 Å². The third-order valence-electron chi connectivity index (χ3n) is 5.41. The van der Waals surface area contributed by atoms with Crippen molar-refractivity contribution in [3.05, 3.63) is 101 Å². The normalized spacial score (nSPS) is 11.1. The zero-order chi connectivity index (χ0) is 28.8. The van der Waals surface area contributed by atoms with Crippen LogP contribution < -0.4 is 9.47 Å². The molecule has 4 aromatic rings. The van der Waals surface area contributed by atoms with E-state index in [0.29, 0.717) is 11.1 Å². The highest BCUT2D eigenvalue weighted by Gasteiger charge is 2.16. The summed E-state index contributed by atoms with van der Waals surface area (Å²) >= 11 is 0. The Bertz CT molecular complexity index is 1610. The molecule has 0 saturated carbocycles. The fourth-order valence-corrected chi connectivity index (χ4v) is 3.43. The van der Waals surface area contributed by atoms with Crippen molar-refractivity contribution in [2.24, 2.45) is 0 Å². The molecule has 6 N–H and O–H groups in total. The van der Waals surface area contributed by atoms with Crippen molar-refractivity contribution < 1.29 is 49.7 Å². The van der Waals surface area contributed by atoms with Gasteiger partial charge in [-0.05, 0) is 71.3 Å². The van der Waals surface area contributed by atoms with Gasteiger partial charge in [0.05, 0.1) is 5.56 Å². The number of ether oxygens (including phenoxy) is 2. The summed E-state index contributed by atoms with van der Waals surface area (Å²) in [7, 11) is 0. The maximum Gasteiger partial charge on any atom is 0.343 e. The highest BCUT2D eigenvalue weighted by molar-refractivity contribution is 5.93. The summed E-state index contributed by atoms with van der Waals surface area (Å²) in [5.41, 5.74) is 1.38. The van der Waals surface area contributed by atoms with Gasteiger partial charge in [0.15, 0.2) is 28.7 Å². The number of benzene rings is 4. The van der Waals surface area contributed by atoms with Gasteiger partial charge in [0.2, 0.25) is 0 Å². The number of phenolic OH excluding ortho intramolecular Hbond substituents is 6. The molecular weight excluding hydrogens is 520 g/mol. The number of carbonyl (C=O) groups excluding carboxylic acids is 2. The van der Waals surface area contributed by atoms with E-state index < -0.39 is 29.2 Å². The molecule has 0 aliphatic heterocycles. The maximum absolute atomic E-state index is 12.7. The number of carbonyl (C=O) groups is 2. The summed E-state index contributed by atoms with van der Waals surface area (Å²) < 4.78 is 10.7. The Labute approximate surface area is 227 Å². The number of rotatable bonds is 7. The molecular formula is C30H22O10. The molecule has 0 spiro atoms. The maximum atomic E-state index is 12.7. The second-order valence-electron chi connectivity index (χ2n) is 8.42. The van der Waals surface area contributed by atoms with Gasteiger partial charge in [-0.25, -0.2) is 9.59 Å². The minimum Gasteiger partial charge on any atom is -0.508 e. The number of esters is 2. The fourth-order valence-electron chi connectivity index (χ4n) is 3.43. The second-order valence-corrected chi connectivity index (χ2v) is 8.42. The van der Waals surface area contributed by atoms with Crippen LogP contribution in [0.3, 0.4) is 0 Å². The Balaban J connectivity index is 1.60. The van der Waals surface area contributed by atoms with E-state index in [1.165, 1.54) is 54.6 Å².